The summed E-state index contributed by atoms with van der Waals surface area (Å²) in [5, 5.41) is 0. The molecule has 0 saturated carbocycles. The van der Waals surface area contributed by atoms with Gasteiger partial charge in [-0.05, 0) is 29.3 Å². The maximum Gasteiger partial charge on any atom is 0.246 e. The van der Waals surface area contributed by atoms with Crippen LogP contribution in [0.15, 0.2) is 83.8 Å². The van der Waals surface area contributed by atoms with Crippen molar-refractivity contribution < 1.29 is 22.0 Å². The Labute approximate surface area is 192 Å². The number of halogens is 2. The van der Waals surface area contributed by atoms with Gasteiger partial charge in [0.25, 0.3) is 0 Å². The number of benzene rings is 3. The minimum Gasteiger partial charge on any atom is -0.340 e. The van der Waals surface area contributed by atoms with Crippen LogP contribution in [0.3, 0.4) is 0 Å². The van der Waals surface area contributed by atoms with E-state index in [2.05, 4.69) is 0 Å². The van der Waals surface area contributed by atoms with Crippen molar-refractivity contribution in [2.24, 2.45) is 0 Å². The van der Waals surface area contributed by atoms with Gasteiger partial charge in [-0.3, -0.25) is 4.79 Å². The maximum absolute atomic E-state index is 14.1. The molecule has 0 aromatic heterocycles. The molecule has 1 heterocycles. The van der Waals surface area contributed by atoms with E-state index in [0.717, 1.165) is 27.6 Å². The van der Waals surface area contributed by atoms with E-state index in [0.29, 0.717) is 6.07 Å². The molecule has 1 amide bonds. The zero-order valence-electron chi connectivity index (χ0n) is 17.9. The lowest BCUT2D eigenvalue weighted by molar-refractivity contribution is -0.132. The molecule has 3 aromatic rings. The molecule has 1 aliphatic heterocycles. The molecule has 0 atom stereocenters. The second-order valence-electron chi connectivity index (χ2n) is 7.94. The van der Waals surface area contributed by atoms with Gasteiger partial charge in [0, 0.05) is 38.5 Å². The van der Waals surface area contributed by atoms with E-state index in [9.17, 15) is 22.0 Å². The highest BCUT2D eigenvalue weighted by Crippen LogP contribution is 2.29. The number of carbonyl (C=O) groups is 1. The summed E-state index contributed by atoms with van der Waals surface area (Å²) < 4.78 is 54.3. The average Bonchev–Trinajstić information content (AvgIpc) is 2.85. The Hall–Kier alpha value is -3.10. The number of carbonyl (C=O) groups excluding carboxylic acids is 1. The van der Waals surface area contributed by atoms with Crippen LogP contribution in [-0.2, 0) is 14.8 Å². The lowest BCUT2D eigenvalue weighted by Gasteiger charge is -2.35. The largest absolute Gasteiger partial charge is 0.340 e. The summed E-state index contributed by atoms with van der Waals surface area (Å²) >= 11 is 0. The van der Waals surface area contributed by atoms with Crippen molar-refractivity contribution in [3.63, 3.8) is 0 Å². The summed E-state index contributed by atoms with van der Waals surface area (Å²) in [6.45, 7) is 0.410. The van der Waals surface area contributed by atoms with Crippen molar-refractivity contribution in [3.8, 4) is 0 Å². The van der Waals surface area contributed by atoms with Crippen LogP contribution in [0.5, 0.6) is 0 Å². The zero-order valence-corrected chi connectivity index (χ0v) is 18.7. The van der Waals surface area contributed by atoms with E-state index in [1.807, 2.05) is 60.7 Å². The first kappa shape index (κ1) is 23.1. The fraction of sp³-hybridized carbons (Fsp3) is 0.240. The third kappa shape index (κ3) is 5.12. The third-order valence-corrected chi connectivity index (χ3v) is 7.80. The van der Waals surface area contributed by atoms with Gasteiger partial charge in [0.2, 0.25) is 15.9 Å². The van der Waals surface area contributed by atoms with E-state index < -0.39 is 26.6 Å². The number of hydrogen-bond acceptors (Lipinski definition) is 3. The van der Waals surface area contributed by atoms with E-state index >= 15 is 0 Å². The first-order valence-corrected chi connectivity index (χ1v) is 12.1. The molecule has 0 spiro atoms. The molecule has 0 N–H and O–H groups in total. The van der Waals surface area contributed by atoms with Crippen molar-refractivity contribution >= 4 is 15.9 Å². The van der Waals surface area contributed by atoms with Gasteiger partial charge in [-0.1, -0.05) is 60.7 Å². The normalized spacial score (nSPS) is 15.1. The highest BCUT2D eigenvalue weighted by molar-refractivity contribution is 7.89. The summed E-state index contributed by atoms with van der Waals surface area (Å²) in [6.07, 6.45) is 0.249. The topological polar surface area (TPSA) is 57.7 Å². The molecule has 8 heteroatoms. The van der Waals surface area contributed by atoms with Crippen LogP contribution in [-0.4, -0.2) is 49.7 Å². The molecular weight excluding hydrogens is 446 g/mol. The number of rotatable bonds is 6. The molecule has 0 radical (unpaired) electrons. The van der Waals surface area contributed by atoms with Crippen LogP contribution in [0.2, 0.25) is 0 Å². The van der Waals surface area contributed by atoms with Gasteiger partial charge >= 0.3 is 0 Å². The standard InChI is InChI=1S/C25H24F2N2O3S/c26-21-11-12-23(27)24(17-21)33(31,32)29-15-13-28(14-16-29)25(30)18-22(19-7-3-1-4-8-19)20-9-5-2-6-10-20/h1-12,17,22H,13-16,18H2. The summed E-state index contributed by atoms with van der Waals surface area (Å²) in [7, 11) is -4.19. The van der Waals surface area contributed by atoms with Crippen LogP contribution < -0.4 is 0 Å². The second kappa shape index (κ2) is 9.80. The fourth-order valence-electron chi connectivity index (χ4n) is 4.09. The van der Waals surface area contributed by atoms with Gasteiger partial charge in [-0.25, -0.2) is 17.2 Å². The first-order valence-electron chi connectivity index (χ1n) is 10.7. The Morgan fingerprint density at radius 3 is 1.91 bits per heavy atom. The predicted octanol–water partition coefficient (Wildman–Crippen LogP) is 4.02. The van der Waals surface area contributed by atoms with Crippen molar-refractivity contribution in [2.75, 3.05) is 26.2 Å². The van der Waals surface area contributed by atoms with Gasteiger partial charge in [-0.2, -0.15) is 4.31 Å². The van der Waals surface area contributed by atoms with E-state index in [1.165, 1.54) is 0 Å². The molecule has 0 bridgehead atoms. The molecular formula is C25H24F2N2O3S. The molecule has 4 rings (SSSR count). The number of piperazine rings is 1. The van der Waals surface area contributed by atoms with Crippen LogP contribution in [0.4, 0.5) is 8.78 Å². The smallest absolute Gasteiger partial charge is 0.246 e. The Balaban J connectivity index is 1.46. The third-order valence-electron chi connectivity index (χ3n) is 5.89. The summed E-state index contributed by atoms with van der Waals surface area (Å²) in [5.41, 5.74) is 2.06. The van der Waals surface area contributed by atoms with Crippen LogP contribution >= 0.6 is 0 Å². The number of sulfonamides is 1. The van der Waals surface area contributed by atoms with Crippen LogP contribution in [0.25, 0.3) is 0 Å². The van der Waals surface area contributed by atoms with Gasteiger partial charge in [0.1, 0.15) is 16.5 Å². The van der Waals surface area contributed by atoms with Crippen molar-refractivity contribution in [1.82, 2.24) is 9.21 Å². The lowest BCUT2D eigenvalue weighted by Crippen LogP contribution is -2.50. The Bertz CT molecular complexity index is 1170. The Kier molecular flexibility index (Phi) is 6.85. The molecule has 33 heavy (non-hydrogen) atoms. The molecule has 1 fully saturated rings. The predicted molar refractivity (Wildman–Crippen MR) is 121 cm³/mol. The van der Waals surface area contributed by atoms with Gasteiger partial charge in [0.05, 0.1) is 0 Å². The molecule has 1 saturated heterocycles. The van der Waals surface area contributed by atoms with Crippen LogP contribution in [0, 0.1) is 11.6 Å². The molecule has 3 aromatic carbocycles. The molecule has 0 aliphatic carbocycles. The SMILES string of the molecule is O=C(CC(c1ccccc1)c1ccccc1)N1CCN(S(=O)(=O)c2cc(F)ccc2F)CC1. The van der Waals surface area contributed by atoms with Gasteiger partial charge in [-0.15, -0.1) is 0 Å². The van der Waals surface area contributed by atoms with Gasteiger partial charge in [0.15, 0.2) is 0 Å². The van der Waals surface area contributed by atoms with Crippen molar-refractivity contribution in [1.29, 1.82) is 0 Å². The van der Waals surface area contributed by atoms with Crippen LogP contribution in [0.1, 0.15) is 23.5 Å². The van der Waals surface area contributed by atoms with Crippen molar-refractivity contribution in [3.05, 3.63) is 102 Å². The maximum atomic E-state index is 14.1. The Morgan fingerprint density at radius 2 is 1.36 bits per heavy atom. The summed E-state index contributed by atoms with van der Waals surface area (Å²) in [4.78, 5) is 14.1. The summed E-state index contributed by atoms with van der Waals surface area (Å²) in [5.74, 6) is -2.02. The first-order chi connectivity index (χ1) is 15.9. The van der Waals surface area contributed by atoms with E-state index in [-0.39, 0.29) is 44.4 Å². The molecule has 0 unspecified atom stereocenters. The average molecular weight is 471 g/mol. The van der Waals surface area contributed by atoms with E-state index in [4.69, 9.17) is 0 Å². The minimum absolute atomic E-state index is 0.0192. The number of hydrogen-bond donors (Lipinski definition) is 0. The summed E-state index contributed by atoms with van der Waals surface area (Å²) in [6, 6.07) is 21.9. The number of nitrogens with zero attached hydrogens (tertiary/aromatic N) is 2. The van der Waals surface area contributed by atoms with Gasteiger partial charge < -0.3 is 4.90 Å². The molecule has 1 aliphatic rings. The minimum atomic E-state index is -4.19. The quantitative estimate of drug-likeness (QED) is 0.547. The monoisotopic (exact) mass is 470 g/mol. The van der Waals surface area contributed by atoms with Crippen molar-refractivity contribution in [2.45, 2.75) is 17.2 Å². The molecule has 172 valence electrons. The zero-order chi connectivity index (χ0) is 23.4. The Morgan fingerprint density at radius 1 is 0.818 bits per heavy atom. The second-order valence-corrected chi connectivity index (χ2v) is 9.84. The highest BCUT2D eigenvalue weighted by Gasteiger charge is 2.33. The molecule has 5 nitrogen and oxygen atoms in total. The highest BCUT2D eigenvalue weighted by atomic mass is 32.2. The fourth-order valence-corrected chi connectivity index (χ4v) is 5.59. The number of amides is 1. The lowest BCUT2D eigenvalue weighted by atomic mass is 9.88. The van der Waals surface area contributed by atoms with E-state index in [1.54, 1.807) is 4.90 Å².